The first-order valence-electron chi connectivity index (χ1n) is 9.31. The average Bonchev–Trinajstić information content (AvgIpc) is 2.88. The number of ketones is 1. The van der Waals surface area contributed by atoms with Gasteiger partial charge in [-0.25, -0.2) is 13.1 Å². The Bertz CT molecular complexity index is 971. The van der Waals surface area contributed by atoms with Crippen molar-refractivity contribution in [3.8, 4) is 0 Å². The number of nitrogens with one attached hydrogen (secondary N) is 2. The lowest BCUT2D eigenvalue weighted by Crippen LogP contribution is -2.32. The van der Waals surface area contributed by atoms with Crippen LogP contribution >= 0.6 is 0 Å². The molecule has 0 saturated heterocycles. The molecule has 1 atom stereocenters. The van der Waals surface area contributed by atoms with Gasteiger partial charge in [0.05, 0.1) is 4.90 Å². The van der Waals surface area contributed by atoms with Crippen LogP contribution in [0, 0.1) is 5.41 Å². The van der Waals surface area contributed by atoms with Gasteiger partial charge in [-0.1, -0.05) is 27.7 Å². The Morgan fingerprint density at radius 2 is 1.92 bits per heavy atom. The first-order chi connectivity index (χ1) is 12.1. The summed E-state index contributed by atoms with van der Waals surface area (Å²) < 4.78 is 28.4. The van der Waals surface area contributed by atoms with Crippen molar-refractivity contribution in [2.75, 3.05) is 0 Å². The zero-order valence-corrected chi connectivity index (χ0v) is 17.0. The maximum atomic E-state index is 12.8. The minimum atomic E-state index is -3.60. The van der Waals surface area contributed by atoms with Gasteiger partial charge in [0, 0.05) is 34.6 Å². The zero-order chi connectivity index (χ0) is 19.3. The van der Waals surface area contributed by atoms with E-state index in [1.165, 1.54) is 0 Å². The number of sulfonamides is 1. The molecular formula is C20H28N2O3S. The number of H-pyrrole nitrogens is 1. The minimum absolute atomic E-state index is 0.0778. The van der Waals surface area contributed by atoms with Gasteiger partial charge in [-0.15, -0.1) is 0 Å². The molecule has 1 aromatic heterocycles. The molecule has 0 amide bonds. The van der Waals surface area contributed by atoms with Gasteiger partial charge in [0.2, 0.25) is 10.0 Å². The number of aromatic amines is 1. The number of benzene rings is 1. The SMILES string of the molecule is CCc1cc2c3c([nH]c2cc1S(=O)(=O)NC(C)CC)CC(C)(C)CC3=O. The summed E-state index contributed by atoms with van der Waals surface area (Å²) >= 11 is 0. The van der Waals surface area contributed by atoms with Crippen molar-refractivity contribution in [1.82, 2.24) is 9.71 Å². The molecule has 2 N–H and O–H groups in total. The Labute approximate surface area is 155 Å². The summed E-state index contributed by atoms with van der Waals surface area (Å²) in [5.74, 6) is 0.137. The van der Waals surface area contributed by atoms with E-state index < -0.39 is 10.0 Å². The van der Waals surface area contributed by atoms with E-state index >= 15 is 0 Å². The van der Waals surface area contributed by atoms with E-state index in [0.717, 1.165) is 40.6 Å². The largest absolute Gasteiger partial charge is 0.358 e. The molecular weight excluding hydrogens is 348 g/mol. The predicted octanol–water partition coefficient (Wildman–Crippen LogP) is 3.96. The summed E-state index contributed by atoms with van der Waals surface area (Å²) in [6.07, 6.45) is 2.62. The van der Waals surface area contributed by atoms with Crippen molar-refractivity contribution in [2.45, 2.75) is 71.2 Å². The molecule has 1 aromatic carbocycles. The number of aromatic nitrogens is 1. The smallest absolute Gasteiger partial charge is 0.241 e. The van der Waals surface area contributed by atoms with Crippen LogP contribution in [0.5, 0.6) is 0 Å². The lowest BCUT2D eigenvalue weighted by molar-refractivity contribution is 0.0913. The molecule has 2 aromatic rings. The van der Waals surface area contributed by atoms with Crippen molar-refractivity contribution >= 4 is 26.7 Å². The second kappa shape index (κ2) is 6.50. The Balaban J connectivity index is 2.18. The van der Waals surface area contributed by atoms with E-state index in [0.29, 0.717) is 17.7 Å². The molecule has 26 heavy (non-hydrogen) atoms. The Hall–Kier alpha value is -1.66. The molecule has 0 aliphatic heterocycles. The van der Waals surface area contributed by atoms with E-state index in [2.05, 4.69) is 23.6 Å². The first kappa shape index (κ1) is 19.1. The predicted molar refractivity (Wildman–Crippen MR) is 104 cm³/mol. The maximum Gasteiger partial charge on any atom is 0.241 e. The standard InChI is InChI=1S/C20H28N2O3S/c1-6-12(3)22-26(24,25)18-9-15-14(8-13(18)7-2)19-16(21-15)10-20(4,5)11-17(19)23/h8-9,12,21-22H,6-7,10-11H2,1-5H3. The highest BCUT2D eigenvalue weighted by Crippen LogP contribution is 2.39. The van der Waals surface area contributed by atoms with Crippen LogP contribution in [0.3, 0.4) is 0 Å². The highest BCUT2D eigenvalue weighted by molar-refractivity contribution is 7.89. The zero-order valence-electron chi connectivity index (χ0n) is 16.2. The van der Waals surface area contributed by atoms with Crippen LogP contribution in [0.4, 0.5) is 0 Å². The monoisotopic (exact) mass is 376 g/mol. The van der Waals surface area contributed by atoms with Gasteiger partial charge in [-0.3, -0.25) is 4.79 Å². The van der Waals surface area contributed by atoms with Gasteiger partial charge in [0.15, 0.2) is 5.78 Å². The number of carbonyl (C=O) groups is 1. The van der Waals surface area contributed by atoms with Crippen molar-refractivity contribution in [3.05, 3.63) is 29.0 Å². The van der Waals surface area contributed by atoms with E-state index in [1.807, 2.05) is 26.8 Å². The van der Waals surface area contributed by atoms with Gasteiger partial charge in [0.25, 0.3) is 0 Å². The Morgan fingerprint density at radius 3 is 2.54 bits per heavy atom. The van der Waals surface area contributed by atoms with E-state index in [1.54, 1.807) is 6.07 Å². The van der Waals surface area contributed by atoms with Crippen molar-refractivity contribution in [3.63, 3.8) is 0 Å². The summed E-state index contributed by atoms with van der Waals surface area (Å²) in [5, 5.41) is 0.847. The molecule has 0 saturated carbocycles. The first-order valence-corrected chi connectivity index (χ1v) is 10.8. The second-order valence-electron chi connectivity index (χ2n) is 8.21. The number of Topliss-reactive ketones (excluding diaryl/α,β-unsaturated/α-hetero) is 1. The van der Waals surface area contributed by atoms with Gasteiger partial charge >= 0.3 is 0 Å². The number of hydrogen-bond donors (Lipinski definition) is 2. The van der Waals surface area contributed by atoms with E-state index in [4.69, 9.17) is 0 Å². The molecule has 3 rings (SSSR count). The third-order valence-corrected chi connectivity index (χ3v) is 6.94. The van der Waals surface area contributed by atoms with E-state index in [9.17, 15) is 13.2 Å². The van der Waals surface area contributed by atoms with Gasteiger partial charge in [0.1, 0.15) is 0 Å². The van der Waals surface area contributed by atoms with Crippen LogP contribution in [0.1, 0.15) is 69.1 Å². The third-order valence-electron chi connectivity index (χ3n) is 5.27. The van der Waals surface area contributed by atoms with Gasteiger partial charge in [-0.2, -0.15) is 0 Å². The fraction of sp³-hybridized carbons (Fsp3) is 0.550. The Morgan fingerprint density at radius 1 is 1.23 bits per heavy atom. The summed E-state index contributed by atoms with van der Waals surface area (Å²) in [7, 11) is -3.60. The molecule has 0 radical (unpaired) electrons. The number of rotatable bonds is 5. The summed E-state index contributed by atoms with van der Waals surface area (Å²) in [5.41, 5.74) is 3.06. The number of carbonyl (C=O) groups excluding carboxylic acids is 1. The van der Waals surface area contributed by atoms with Crippen LogP contribution in [-0.2, 0) is 22.9 Å². The quantitative estimate of drug-likeness (QED) is 0.829. The third kappa shape index (κ3) is 3.32. The van der Waals surface area contributed by atoms with Crippen LogP contribution < -0.4 is 4.72 Å². The normalized spacial score (nSPS) is 18.1. The fourth-order valence-corrected chi connectivity index (χ4v) is 5.42. The molecule has 6 heteroatoms. The molecule has 1 aliphatic carbocycles. The van der Waals surface area contributed by atoms with Crippen molar-refractivity contribution in [1.29, 1.82) is 0 Å². The molecule has 5 nitrogen and oxygen atoms in total. The average molecular weight is 377 g/mol. The van der Waals surface area contributed by atoms with Gasteiger partial charge in [-0.05, 0) is 49.3 Å². The highest BCUT2D eigenvalue weighted by atomic mass is 32.2. The fourth-order valence-electron chi connectivity index (χ4n) is 3.78. The Kier molecular flexibility index (Phi) is 4.78. The molecule has 1 unspecified atom stereocenters. The van der Waals surface area contributed by atoms with Crippen molar-refractivity contribution in [2.24, 2.45) is 5.41 Å². The number of fused-ring (bicyclic) bond motifs is 3. The second-order valence-corrected chi connectivity index (χ2v) is 9.89. The minimum Gasteiger partial charge on any atom is -0.358 e. The number of aryl methyl sites for hydroxylation is 1. The summed E-state index contributed by atoms with van der Waals surface area (Å²) in [6.45, 7) is 9.91. The van der Waals surface area contributed by atoms with Crippen LogP contribution in [-0.4, -0.2) is 25.2 Å². The van der Waals surface area contributed by atoms with Crippen LogP contribution in [0.15, 0.2) is 17.0 Å². The van der Waals surface area contributed by atoms with Gasteiger partial charge < -0.3 is 4.98 Å². The van der Waals surface area contributed by atoms with Crippen LogP contribution in [0.25, 0.3) is 10.9 Å². The lowest BCUT2D eigenvalue weighted by atomic mass is 9.76. The molecule has 1 heterocycles. The van der Waals surface area contributed by atoms with E-state index in [-0.39, 0.29) is 17.2 Å². The molecule has 142 valence electrons. The van der Waals surface area contributed by atoms with Crippen molar-refractivity contribution < 1.29 is 13.2 Å². The lowest BCUT2D eigenvalue weighted by Gasteiger charge is -2.28. The topological polar surface area (TPSA) is 79.0 Å². The highest BCUT2D eigenvalue weighted by Gasteiger charge is 2.34. The molecule has 0 spiro atoms. The summed E-state index contributed by atoms with van der Waals surface area (Å²) in [4.78, 5) is 16.3. The van der Waals surface area contributed by atoms with Crippen LogP contribution in [0.2, 0.25) is 0 Å². The molecule has 0 fully saturated rings. The summed E-state index contributed by atoms with van der Waals surface area (Å²) in [6, 6.07) is 3.45. The molecule has 0 bridgehead atoms. The number of hydrogen-bond acceptors (Lipinski definition) is 3. The molecule has 1 aliphatic rings. The maximum absolute atomic E-state index is 12.8.